The Labute approximate surface area is 86.2 Å². The first-order valence-corrected chi connectivity index (χ1v) is 4.26. The summed E-state index contributed by atoms with van der Waals surface area (Å²) < 4.78 is 4.83. The second-order valence-corrected chi connectivity index (χ2v) is 2.40. The van der Waals surface area contributed by atoms with E-state index in [1.165, 1.54) is 6.08 Å². The molecule has 0 aliphatic carbocycles. The van der Waals surface area contributed by atoms with Gasteiger partial charge < -0.3 is 9.64 Å². The molecule has 0 spiro atoms. The summed E-state index contributed by atoms with van der Waals surface area (Å²) in [5, 5.41) is 0. The number of rotatable bonds is 6. The zero-order valence-electron chi connectivity index (χ0n) is 8.28. The molecule has 0 bridgehead atoms. The maximum atomic E-state index is 10.6. The van der Waals surface area contributed by atoms with Gasteiger partial charge in [-0.2, -0.15) is 0 Å². The van der Waals surface area contributed by atoms with E-state index in [9.17, 15) is 4.79 Å². The van der Waals surface area contributed by atoms with Gasteiger partial charge in [0.25, 0.3) is 0 Å². The topological polar surface area (TPSA) is 29.5 Å². The normalized spacial score (nSPS) is 9.15. The molecular formula is C9H18ClNO2. The van der Waals surface area contributed by atoms with Crippen molar-refractivity contribution in [1.82, 2.24) is 4.90 Å². The average molecular weight is 208 g/mol. The maximum Gasteiger partial charge on any atom is 0.330 e. The monoisotopic (exact) mass is 207 g/mol. The minimum atomic E-state index is -0.345. The summed E-state index contributed by atoms with van der Waals surface area (Å²) in [6.45, 7) is 10.7. The van der Waals surface area contributed by atoms with E-state index in [0.29, 0.717) is 6.61 Å². The summed E-state index contributed by atoms with van der Waals surface area (Å²) in [5.74, 6) is -0.345. The highest BCUT2D eigenvalue weighted by molar-refractivity contribution is 5.85. The molecule has 0 unspecified atom stereocenters. The highest BCUT2D eigenvalue weighted by Gasteiger charge is 1.99. The van der Waals surface area contributed by atoms with Gasteiger partial charge in [0, 0.05) is 12.6 Å². The van der Waals surface area contributed by atoms with Gasteiger partial charge in [0.1, 0.15) is 6.61 Å². The van der Waals surface area contributed by atoms with Gasteiger partial charge >= 0.3 is 5.97 Å². The van der Waals surface area contributed by atoms with Crippen molar-refractivity contribution in [3.05, 3.63) is 12.7 Å². The summed E-state index contributed by atoms with van der Waals surface area (Å²) in [6, 6.07) is 0. The molecule has 78 valence electrons. The molecule has 4 heteroatoms. The van der Waals surface area contributed by atoms with Crippen LogP contribution in [0.4, 0.5) is 0 Å². The number of likely N-dealkylation sites (N-methyl/N-ethyl adjacent to an activating group) is 1. The van der Waals surface area contributed by atoms with Gasteiger partial charge in [-0.1, -0.05) is 20.4 Å². The summed E-state index contributed by atoms with van der Waals surface area (Å²) >= 11 is 0. The van der Waals surface area contributed by atoms with Crippen LogP contribution in [0.5, 0.6) is 0 Å². The van der Waals surface area contributed by atoms with Crippen molar-refractivity contribution in [2.24, 2.45) is 0 Å². The molecule has 0 heterocycles. The number of ether oxygens (including phenoxy) is 1. The number of carbonyl (C=O) groups excluding carboxylic acids is 1. The lowest BCUT2D eigenvalue weighted by atomic mass is 10.5. The molecule has 0 rings (SSSR count). The first-order chi connectivity index (χ1) is 5.74. The number of halogens is 1. The Kier molecular flexibility index (Phi) is 11.0. The van der Waals surface area contributed by atoms with Gasteiger partial charge in [-0.05, 0) is 13.1 Å². The molecule has 0 aliphatic rings. The van der Waals surface area contributed by atoms with Crippen LogP contribution in [-0.4, -0.2) is 37.1 Å². The van der Waals surface area contributed by atoms with Gasteiger partial charge in [-0.3, -0.25) is 0 Å². The first kappa shape index (κ1) is 15.0. The molecule has 0 fully saturated rings. The van der Waals surface area contributed by atoms with Crippen LogP contribution in [0.15, 0.2) is 12.7 Å². The Balaban J connectivity index is 0. The largest absolute Gasteiger partial charge is 0.461 e. The standard InChI is InChI=1S/C9H17NO2.ClH/c1-4-9(11)12-8-7-10(5-2)6-3;/h4H,1,5-8H2,2-3H3;1H. The molecule has 0 saturated carbocycles. The van der Waals surface area contributed by atoms with Crippen molar-refractivity contribution < 1.29 is 9.53 Å². The second kappa shape index (κ2) is 9.55. The molecule has 0 saturated heterocycles. The van der Waals surface area contributed by atoms with Crippen LogP contribution in [0.1, 0.15) is 13.8 Å². The molecule has 0 N–H and O–H groups in total. The Morgan fingerprint density at radius 2 is 2.00 bits per heavy atom. The quantitative estimate of drug-likeness (QED) is 0.488. The summed E-state index contributed by atoms with van der Waals surface area (Å²) in [7, 11) is 0. The van der Waals surface area contributed by atoms with E-state index in [1.807, 2.05) is 0 Å². The Bertz CT molecular complexity index is 147. The number of hydrogen-bond acceptors (Lipinski definition) is 3. The van der Waals surface area contributed by atoms with E-state index in [-0.39, 0.29) is 18.4 Å². The van der Waals surface area contributed by atoms with E-state index < -0.39 is 0 Å². The van der Waals surface area contributed by atoms with Crippen molar-refractivity contribution in [2.75, 3.05) is 26.2 Å². The number of carbonyl (C=O) groups is 1. The predicted octanol–water partition coefficient (Wildman–Crippen LogP) is 1.48. The zero-order chi connectivity index (χ0) is 9.40. The maximum absolute atomic E-state index is 10.6. The lowest BCUT2D eigenvalue weighted by Gasteiger charge is -2.16. The molecule has 0 amide bonds. The molecule has 3 nitrogen and oxygen atoms in total. The summed E-state index contributed by atoms with van der Waals surface area (Å²) in [6.07, 6.45) is 1.18. The van der Waals surface area contributed by atoms with Crippen molar-refractivity contribution in [3.8, 4) is 0 Å². The average Bonchev–Trinajstić information content (AvgIpc) is 2.12. The molecule has 0 aromatic carbocycles. The molecule has 0 aromatic heterocycles. The third kappa shape index (κ3) is 7.81. The molecule has 0 aromatic rings. The fourth-order valence-corrected chi connectivity index (χ4v) is 0.874. The highest BCUT2D eigenvalue weighted by Crippen LogP contribution is 1.87. The molecule has 0 aliphatic heterocycles. The third-order valence-electron chi connectivity index (χ3n) is 1.71. The van der Waals surface area contributed by atoms with Crippen LogP contribution >= 0.6 is 12.4 Å². The minimum absolute atomic E-state index is 0. The molecule has 0 radical (unpaired) electrons. The zero-order valence-corrected chi connectivity index (χ0v) is 9.10. The van der Waals surface area contributed by atoms with Crippen LogP contribution in [0, 0.1) is 0 Å². The van der Waals surface area contributed by atoms with Crippen LogP contribution in [0.3, 0.4) is 0 Å². The van der Waals surface area contributed by atoms with E-state index >= 15 is 0 Å². The van der Waals surface area contributed by atoms with Gasteiger partial charge in [-0.15, -0.1) is 12.4 Å². The van der Waals surface area contributed by atoms with Gasteiger partial charge in [0.05, 0.1) is 0 Å². The number of esters is 1. The van der Waals surface area contributed by atoms with E-state index in [1.54, 1.807) is 0 Å². The summed E-state index contributed by atoms with van der Waals surface area (Å²) in [4.78, 5) is 12.8. The smallest absolute Gasteiger partial charge is 0.330 e. The Hall–Kier alpha value is -0.540. The Morgan fingerprint density at radius 3 is 2.38 bits per heavy atom. The minimum Gasteiger partial charge on any atom is -0.461 e. The van der Waals surface area contributed by atoms with Crippen molar-refractivity contribution >= 4 is 18.4 Å². The number of nitrogens with zero attached hydrogens (tertiary/aromatic N) is 1. The molecular weight excluding hydrogens is 190 g/mol. The van der Waals surface area contributed by atoms with Crippen LogP contribution < -0.4 is 0 Å². The Morgan fingerprint density at radius 1 is 1.46 bits per heavy atom. The van der Waals surface area contributed by atoms with Crippen molar-refractivity contribution in [1.29, 1.82) is 0 Å². The van der Waals surface area contributed by atoms with Gasteiger partial charge in [0.15, 0.2) is 0 Å². The summed E-state index contributed by atoms with van der Waals surface area (Å²) in [5.41, 5.74) is 0. The lowest BCUT2D eigenvalue weighted by Crippen LogP contribution is -2.27. The SMILES string of the molecule is C=CC(=O)OCCN(CC)CC.Cl. The van der Waals surface area contributed by atoms with E-state index in [2.05, 4.69) is 25.3 Å². The third-order valence-corrected chi connectivity index (χ3v) is 1.71. The van der Waals surface area contributed by atoms with Gasteiger partial charge in [0.2, 0.25) is 0 Å². The van der Waals surface area contributed by atoms with Crippen molar-refractivity contribution in [3.63, 3.8) is 0 Å². The highest BCUT2D eigenvalue weighted by atomic mass is 35.5. The molecule has 13 heavy (non-hydrogen) atoms. The predicted molar refractivity (Wildman–Crippen MR) is 56.2 cm³/mol. The van der Waals surface area contributed by atoms with Crippen molar-refractivity contribution in [2.45, 2.75) is 13.8 Å². The lowest BCUT2D eigenvalue weighted by molar-refractivity contribution is -0.138. The fraction of sp³-hybridized carbons (Fsp3) is 0.667. The molecule has 0 atom stereocenters. The van der Waals surface area contributed by atoms with Crippen LogP contribution in [0.2, 0.25) is 0 Å². The van der Waals surface area contributed by atoms with E-state index in [0.717, 1.165) is 19.6 Å². The first-order valence-electron chi connectivity index (χ1n) is 4.26. The van der Waals surface area contributed by atoms with E-state index in [4.69, 9.17) is 4.74 Å². The second-order valence-electron chi connectivity index (χ2n) is 2.40. The fourth-order valence-electron chi connectivity index (χ4n) is 0.874. The van der Waals surface area contributed by atoms with Gasteiger partial charge in [-0.25, -0.2) is 4.79 Å². The van der Waals surface area contributed by atoms with Crippen LogP contribution in [-0.2, 0) is 9.53 Å². The number of hydrogen-bond donors (Lipinski definition) is 0. The van der Waals surface area contributed by atoms with Crippen LogP contribution in [0.25, 0.3) is 0 Å².